The Balaban J connectivity index is 0.00000220. The second kappa shape index (κ2) is 8.78. The van der Waals surface area contributed by atoms with Crippen molar-refractivity contribution < 1.29 is 9.53 Å². The van der Waals surface area contributed by atoms with Crippen LogP contribution >= 0.6 is 12.4 Å². The number of carbonyl (C=O) groups excluding carboxylic acids is 1. The van der Waals surface area contributed by atoms with E-state index in [-0.39, 0.29) is 18.3 Å². The van der Waals surface area contributed by atoms with Crippen LogP contribution in [0.25, 0.3) is 0 Å². The molecule has 0 aliphatic heterocycles. The lowest BCUT2D eigenvalue weighted by Gasteiger charge is -2.11. The van der Waals surface area contributed by atoms with E-state index < -0.39 is 0 Å². The second-order valence-electron chi connectivity index (χ2n) is 5.54. The summed E-state index contributed by atoms with van der Waals surface area (Å²) < 4.78 is 5.13. The molecule has 1 aromatic carbocycles. The van der Waals surface area contributed by atoms with Gasteiger partial charge in [-0.1, -0.05) is 25.7 Å². The molecule has 1 aliphatic carbocycles. The molecule has 118 valence electrons. The molecule has 0 atom stereocenters. The average Bonchev–Trinajstić information content (AvgIpc) is 2.94. The highest BCUT2D eigenvalue weighted by Gasteiger charge is 2.15. The Hall–Kier alpha value is -1.42. The number of carbonyl (C=O) groups is 1. The predicted molar refractivity (Wildman–Crippen MR) is 89.1 cm³/mol. The molecule has 0 bridgehead atoms. The number of nitrogens with two attached hydrogens (primary N) is 1. The summed E-state index contributed by atoms with van der Waals surface area (Å²) in [6.45, 7) is 0. The minimum Gasteiger partial charge on any atom is -0.497 e. The Morgan fingerprint density at radius 2 is 2.10 bits per heavy atom. The van der Waals surface area contributed by atoms with Crippen molar-refractivity contribution in [3.63, 3.8) is 0 Å². The molecule has 1 aromatic rings. The van der Waals surface area contributed by atoms with Gasteiger partial charge < -0.3 is 15.8 Å². The molecular formula is C16H25ClN2O2. The first kappa shape index (κ1) is 17.6. The normalized spacial score (nSPS) is 14.5. The van der Waals surface area contributed by atoms with Crippen LogP contribution in [0.4, 0.5) is 11.4 Å². The second-order valence-corrected chi connectivity index (χ2v) is 5.54. The van der Waals surface area contributed by atoms with Crippen molar-refractivity contribution in [2.45, 2.75) is 44.9 Å². The molecule has 1 saturated carbocycles. The monoisotopic (exact) mass is 312 g/mol. The summed E-state index contributed by atoms with van der Waals surface area (Å²) in [5, 5.41) is 2.87. The summed E-state index contributed by atoms with van der Waals surface area (Å²) in [6, 6.07) is 5.28. The van der Waals surface area contributed by atoms with Gasteiger partial charge in [0.15, 0.2) is 0 Å². The summed E-state index contributed by atoms with van der Waals surface area (Å²) in [5.74, 6) is 1.56. The summed E-state index contributed by atoms with van der Waals surface area (Å²) in [6.07, 6.45) is 8.08. The molecule has 1 fully saturated rings. The maximum atomic E-state index is 11.9. The van der Waals surface area contributed by atoms with Gasteiger partial charge in [-0.25, -0.2) is 0 Å². The summed E-state index contributed by atoms with van der Waals surface area (Å²) >= 11 is 0. The number of nitrogens with one attached hydrogen (secondary N) is 1. The minimum absolute atomic E-state index is 0. The molecule has 1 aliphatic rings. The molecule has 1 amide bonds. The molecule has 0 spiro atoms. The lowest BCUT2D eigenvalue weighted by molar-refractivity contribution is -0.116. The van der Waals surface area contributed by atoms with Crippen molar-refractivity contribution in [1.82, 2.24) is 0 Å². The van der Waals surface area contributed by atoms with Gasteiger partial charge >= 0.3 is 0 Å². The highest BCUT2D eigenvalue weighted by molar-refractivity contribution is 5.94. The number of hydrogen-bond acceptors (Lipinski definition) is 3. The van der Waals surface area contributed by atoms with Crippen molar-refractivity contribution in [2.75, 3.05) is 18.2 Å². The van der Waals surface area contributed by atoms with Gasteiger partial charge in [0, 0.05) is 12.5 Å². The van der Waals surface area contributed by atoms with E-state index in [2.05, 4.69) is 5.32 Å². The van der Waals surface area contributed by atoms with Gasteiger partial charge in [-0.15, -0.1) is 12.4 Å². The smallest absolute Gasteiger partial charge is 0.224 e. The van der Waals surface area contributed by atoms with Crippen LogP contribution in [-0.2, 0) is 4.79 Å². The van der Waals surface area contributed by atoms with E-state index >= 15 is 0 Å². The number of ether oxygens (including phenoxy) is 1. The Labute approximate surface area is 132 Å². The number of amides is 1. The van der Waals surface area contributed by atoms with E-state index in [1.54, 1.807) is 25.3 Å². The largest absolute Gasteiger partial charge is 0.497 e. The third kappa shape index (κ3) is 5.46. The number of benzene rings is 1. The number of rotatable bonds is 6. The average molecular weight is 313 g/mol. The van der Waals surface area contributed by atoms with Crippen LogP contribution in [0.2, 0.25) is 0 Å². The zero-order valence-corrected chi connectivity index (χ0v) is 13.4. The molecule has 0 aromatic heterocycles. The predicted octanol–water partition coefficient (Wildman–Crippen LogP) is 4.00. The van der Waals surface area contributed by atoms with Crippen LogP contribution in [0.3, 0.4) is 0 Å². The van der Waals surface area contributed by atoms with E-state index in [4.69, 9.17) is 10.5 Å². The number of anilines is 2. The zero-order chi connectivity index (χ0) is 14.4. The summed E-state index contributed by atoms with van der Waals surface area (Å²) in [5.41, 5.74) is 7.05. The van der Waals surface area contributed by atoms with Crippen molar-refractivity contribution >= 4 is 29.7 Å². The molecule has 0 radical (unpaired) electrons. The van der Waals surface area contributed by atoms with Crippen LogP contribution in [0.1, 0.15) is 44.9 Å². The van der Waals surface area contributed by atoms with Crippen LogP contribution in [0.15, 0.2) is 18.2 Å². The van der Waals surface area contributed by atoms with Crippen molar-refractivity contribution in [2.24, 2.45) is 5.92 Å². The topological polar surface area (TPSA) is 64.3 Å². The van der Waals surface area contributed by atoms with Gasteiger partial charge in [0.2, 0.25) is 5.91 Å². The third-order valence-electron chi connectivity index (χ3n) is 4.03. The number of hydrogen-bond donors (Lipinski definition) is 2. The Morgan fingerprint density at radius 3 is 2.76 bits per heavy atom. The van der Waals surface area contributed by atoms with E-state index in [1.807, 2.05) is 0 Å². The van der Waals surface area contributed by atoms with Gasteiger partial charge in [0.1, 0.15) is 5.75 Å². The van der Waals surface area contributed by atoms with Gasteiger partial charge in [0.05, 0.1) is 18.5 Å². The SMILES string of the molecule is COc1ccc(N)c(NC(=O)CCCC2CCCC2)c1.Cl. The van der Waals surface area contributed by atoms with E-state index in [1.165, 1.54) is 32.1 Å². The first-order chi connectivity index (χ1) is 9.69. The van der Waals surface area contributed by atoms with Crippen molar-refractivity contribution in [3.8, 4) is 5.75 Å². The molecular weight excluding hydrogens is 288 g/mol. The standard InChI is InChI=1S/C16H24N2O2.ClH/c1-20-13-9-10-14(17)15(11-13)18-16(19)8-4-7-12-5-2-3-6-12;/h9-12H,2-8,17H2,1H3,(H,18,19);1H. The minimum atomic E-state index is 0. The van der Waals surface area contributed by atoms with Crippen molar-refractivity contribution in [1.29, 1.82) is 0 Å². The van der Waals surface area contributed by atoms with Gasteiger partial charge in [-0.3, -0.25) is 4.79 Å². The number of methoxy groups -OCH3 is 1. The van der Waals surface area contributed by atoms with Crippen LogP contribution in [0.5, 0.6) is 5.75 Å². The Morgan fingerprint density at radius 1 is 1.38 bits per heavy atom. The summed E-state index contributed by atoms with van der Waals surface area (Å²) in [7, 11) is 1.60. The fourth-order valence-corrected chi connectivity index (χ4v) is 2.83. The molecule has 0 heterocycles. The van der Waals surface area contributed by atoms with Crippen LogP contribution in [0, 0.1) is 5.92 Å². The van der Waals surface area contributed by atoms with Gasteiger partial charge in [-0.05, 0) is 30.9 Å². The van der Waals surface area contributed by atoms with Gasteiger partial charge in [0.25, 0.3) is 0 Å². The maximum absolute atomic E-state index is 11.9. The van der Waals surface area contributed by atoms with E-state index in [0.29, 0.717) is 23.5 Å². The quantitative estimate of drug-likeness (QED) is 0.780. The molecule has 21 heavy (non-hydrogen) atoms. The Kier molecular flexibility index (Phi) is 7.37. The fraction of sp³-hybridized carbons (Fsp3) is 0.562. The fourth-order valence-electron chi connectivity index (χ4n) is 2.83. The lowest BCUT2D eigenvalue weighted by Crippen LogP contribution is -2.13. The van der Waals surface area contributed by atoms with Crippen LogP contribution in [-0.4, -0.2) is 13.0 Å². The molecule has 0 saturated heterocycles. The molecule has 5 heteroatoms. The summed E-state index contributed by atoms with van der Waals surface area (Å²) in [4.78, 5) is 11.9. The van der Waals surface area contributed by atoms with E-state index in [9.17, 15) is 4.79 Å². The highest BCUT2D eigenvalue weighted by Crippen LogP contribution is 2.29. The third-order valence-corrected chi connectivity index (χ3v) is 4.03. The van der Waals surface area contributed by atoms with E-state index in [0.717, 1.165) is 12.3 Å². The lowest BCUT2D eigenvalue weighted by atomic mass is 10.0. The molecule has 2 rings (SSSR count). The number of halogens is 1. The number of nitrogen functional groups attached to an aromatic ring is 1. The highest BCUT2D eigenvalue weighted by atomic mass is 35.5. The first-order valence-corrected chi connectivity index (χ1v) is 7.42. The first-order valence-electron chi connectivity index (χ1n) is 7.42. The van der Waals surface area contributed by atoms with Crippen molar-refractivity contribution in [3.05, 3.63) is 18.2 Å². The Bertz CT molecular complexity index is 460. The van der Waals surface area contributed by atoms with Gasteiger partial charge in [-0.2, -0.15) is 0 Å². The molecule has 4 nitrogen and oxygen atoms in total. The molecule has 3 N–H and O–H groups in total. The zero-order valence-electron chi connectivity index (χ0n) is 12.6. The molecule has 0 unspecified atom stereocenters. The van der Waals surface area contributed by atoms with Crippen LogP contribution < -0.4 is 15.8 Å². The maximum Gasteiger partial charge on any atom is 0.224 e.